The van der Waals surface area contributed by atoms with Crippen molar-refractivity contribution in [3.8, 4) is 11.8 Å². The van der Waals surface area contributed by atoms with Crippen molar-refractivity contribution in [3.05, 3.63) is 11.6 Å². The van der Waals surface area contributed by atoms with E-state index in [1.807, 2.05) is 0 Å². The zero-order valence-corrected chi connectivity index (χ0v) is 5.27. The average molecular weight is 160 g/mol. The molecular formula is C6H7NO4. The lowest BCUT2D eigenvalue weighted by Crippen LogP contribution is -1.92. The Kier molecular flexibility index (Phi) is 0.851. The van der Waals surface area contributed by atoms with Crippen LogP contribution in [-0.2, 0) is 0 Å². The Hall–Kier alpha value is -1.65. The lowest BCUT2D eigenvalue weighted by Gasteiger charge is -1.93. The minimum atomic E-state index is -2.93. The van der Waals surface area contributed by atoms with Crippen LogP contribution in [0.5, 0.6) is 11.8 Å². The molecule has 0 unspecified atom stereocenters. The zero-order chi connectivity index (χ0) is 11.1. The molecule has 0 saturated heterocycles. The van der Waals surface area contributed by atoms with E-state index >= 15 is 0 Å². The topological polar surface area (TPSA) is 82.7 Å². The van der Waals surface area contributed by atoms with E-state index in [1.54, 1.807) is 0 Å². The summed E-state index contributed by atoms with van der Waals surface area (Å²) < 4.78 is 20.2. The van der Waals surface area contributed by atoms with Crippen LogP contribution in [0.4, 0.5) is 0 Å². The highest BCUT2D eigenvalue weighted by Gasteiger charge is 2.15. The molecule has 0 atom stereocenters. The Labute approximate surface area is 66.3 Å². The molecule has 1 aromatic heterocycles. The highest BCUT2D eigenvalue weighted by atomic mass is 16.5. The zero-order valence-electron chi connectivity index (χ0n) is 8.27. The van der Waals surface area contributed by atoms with Crippen molar-refractivity contribution in [2.45, 2.75) is 6.85 Å². The Morgan fingerprint density at radius 1 is 1.73 bits per heavy atom. The lowest BCUT2D eigenvalue weighted by molar-refractivity contribution is 0.1000. The van der Waals surface area contributed by atoms with Crippen LogP contribution in [-0.4, -0.2) is 25.9 Å². The molecule has 5 nitrogen and oxygen atoms in total. The molecule has 0 radical (unpaired) electrons. The summed E-state index contributed by atoms with van der Waals surface area (Å²) in [6.07, 6.45) is 0. The van der Waals surface area contributed by atoms with E-state index in [-0.39, 0.29) is 4.73 Å². The number of Topliss-reactive ketones (excluding diaryl/α,β-unsaturated/α-hetero) is 1. The number of rotatable bonds is 1. The average Bonchev–Trinajstić information content (AvgIpc) is 2.30. The van der Waals surface area contributed by atoms with Gasteiger partial charge in [-0.1, -0.05) is 0 Å². The summed E-state index contributed by atoms with van der Waals surface area (Å²) in [5.74, 6) is -3.16. The number of aromatic hydroxyl groups is 2. The first-order valence-electron chi connectivity index (χ1n) is 4.13. The summed E-state index contributed by atoms with van der Waals surface area (Å²) in [4.78, 5) is 11.1. The molecule has 0 saturated carbocycles. The van der Waals surface area contributed by atoms with Crippen molar-refractivity contribution >= 4 is 5.78 Å². The van der Waals surface area contributed by atoms with Gasteiger partial charge in [0.1, 0.15) is 0 Å². The quantitative estimate of drug-likeness (QED) is 0.408. The first-order chi connectivity index (χ1) is 6.25. The standard InChI is InChI=1S/C6H7NO4/c1-3(8)4-2-5(9)7(11)6(4)10/h2,9-11H,1H3/i1D3. The third-order valence-electron chi connectivity index (χ3n) is 1.18. The van der Waals surface area contributed by atoms with Crippen LogP contribution < -0.4 is 0 Å². The molecule has 0 aliphatic heterocycles. The molecule has 0 fully saturated rings. The van der Waals surface area contributed by atoms with Crippen LogP contribution in [0.25, 0.3) is 0 Å². The van der Waals surface area contributed by atoms with Gasteiger partial charge < -0.3 is 15.4 Å². The molecule has 0 aliphatic rings. The maximum atomic E-state index is 11.1. The Morgan fingerprint density at radius 3 is 2.73 bits per heavy atom. The van der Waals surface area contributed by atoms with E-state index in [4.69, 9.17) is 19.5 Å². The van der Waals surface area contributed by atoms with Crippen molar-refractivity contribution in [1.29, 1.82) is 0 Å². The van der Waals surface area contributed by atoms with Crippen molar-refractivity contribution in [1.82, 2.24) is 4.73 Å². The molecule has 1 heterocycles. The summed E-state index contributed by atoms with van der Waals surface area (Å²) in [5.41, 5.74) is -0.648. The van der Waals surface area contributed by atoms with Crippen LogP contribution in [0, 0.1) is 0 Å². The molecular weight excluding hydrogens is 150 g/mol. The Morgan fingerprint density at radius 2 is 2.36 bits per heavy atom. The maximum Gasteiger partial charge on any atom is 0.240 e. The number of nitrogens with zero attached hydrogens (tertiary/aromatic N) is 1. The van der Waals surface area contributed by atoms with E-state index in [0.29, 0.717) is 6.07 Å². The van der Waals surface area contributed by atoms with Crippen LogP contribution in [0.1, 0.15) is 21.3 Å². The number of carbonyl (C=O) groups is 1. The number of hydrogen-bond donors (Lipinski definition) is 3. The predicted octanol–water partition coefficient (Wildman–Crippen LogP) is 0.339. The monoisotopic (exact) mass is 160 g/mol. The van der Waals surface area contributed by atoms with Gasteiger partial charge in [-0.2, -0.15) is 0 Å². The third kappa shape index (κ3) is 1.000. The van der Waals surface area contributed by atoms with Gasteiger partial charge in [-0.15, -0.1) is 4.73 Å². The van der Waals surface area contributed by atoms with Crippen molar-refractivity contribution in [2.24, 2.45) is 0 Å². The highest BCUT2D eigenvalue weighted by Crippen LogP contribution is 2.25. The minimum absolute atomic E-state index is 0.0844. The van der Waals surface area contributed by atoms with Crippen LogP contribution >= 0.6 is 0 Å². The first-order valence-corrected chi connectivity index (χ1v) is 2.63. The molecule has 1 aromatic rings. The number of aromatic nitrogens is 1. The van der Waals surface area contributed by atoms with Gasteiger partial charge in [0.25, 0.3) is 0 Å². The number of ketones is 1. The second-order valence-electron chi connectivity index (χ2n) is 1.88. The van der Waals surface area contributed by atoms with E-state index in [0.717, 1.165) is 0 Å². The van der Waals surface area contributed by atoms with E-state index < -0.39 is 30.0 Å². The maximum absolute atomic E-state index is 11.1. The first kappa shape index (κ1) is 4.27. The van der Waals surface area contributed by atoms with E-state index in [1.165, 1.54) is 0 Å². The molecule has 5 heteroatoms. The van der Waals surface area contributed by atoms with Gasteiger partial charge >= 0.3 is 0 Å². The fourth-order valence-electron chi connectivity index (χ4n) is 0.644. The Balaban J connectivity index is 3.22. The summed E-state index contributed by atoms with van der Waals surface area (Å²) in [7, 11) is 0. The largest absolute Gasteiger partial charge is 0.492 e. The van der Waals surface area contributed by atoms with Crippen LogP contribution in [0.3, 0.4) is 0 Å². The number of hydrogen-bond acceptors (Lipinski definition) is 4. The van der Waals surface area contributed by atoms with Gasteiger partial charge in [0.15, 0.2) is 5.78 Å². The highest BCUT2D eigenvalue weighted by molar-refractivity contribution is 5.96. The molecule has 11 heavy (non-hydrogen) atoms. The molecule has 0 spiro atoms. The summed E-state index contributed by atoms with van der Waals surface area (Å²) in [6.45, 7) is -2.93. The minimum Gasteiger partial charge on any atom is -0.492 e. The predicted molar refractivity (Wildman–Crippen MR) is 35.0 cm³/mol. The van der Waals surface area contributed by atoms with E-state index in [9.17, 15) is 4.79 Å². The summed E-state index contributed by atoms with van der Waals surface area (Å²) in [5, 5.41) is 26.7. The normalized spacial score (nSPS) is 15.1. The molecule has 0 amide bonds. The molecule has 0 aromatic carbocycles. The van der Waals surface area contributed by atoms with Gasteiger partial charge in [0, 0.05) is 10.2 Å². The fourth-order valence-corrected chi connectivity index (χ4v) is 0.644. The smallest absolute Gasteiger partial charge is 0.240 e. The lowest BCUT2D eigenvalue weighted by atomic mass is 10.2. The molecule has 1 rings (SSSR count). The van der Waals surface area contributed by atoms with Crippen LogP contribution in [0.2, 0.25) is 0 Å². The summed E-state index contributed by atoms with van der Waals surface area (Å²) in [6, 6.07) is 0.671. The van der Waals surface area contributed by atoms with Crippen molar-refractivity contribution in [3.63, 3.8) is 0 Å². The van der Waals surface area contributed by atoms with Crippen molar-refractivity contribution < 1.29 is 24.3 Å². The van der Waals surface area contributed by atoms with Gasteiger partial charge in [0.05, 0.1) is 5.56 Å². The molecule has 0 aliphatic carbocycles. The summed E-state index contributed by atoms with van der Waals surface area (Å²) >= 11 is 0. The Bertz CT molecular complexity index is 381. The molecule has 60 valence electrons. The SMILES string of the molecule is [2H]C([2H])([2H])C(=O)c1cc(O)n(O)c1O. The van der Waals surface area contributed by atoms with Gasteiger partial charge in [-0.3, -0.25) is 4.79 Å². The fraction of sp³-hybridized carbons (Fsp3) is 0.167. The second-order valence-corrected chi connectivity index (χ2v) is 1.88. The molecule has 3 N–H and O–H groups in total. The molecule has 0 bridgehead atoms. The van der Waals surface area contributed by atoms with Crippen LogP contribution in [0.15, 0.2) is 6.07 Å². The second kappa shape index (κ2) is 2.19. The number of carbonyl (C=O) groups excluding carboxylic acids is 1. The third-order valence-corrected chi connectivity index (χ3v) is 1.18. The van der Waals surface area contributed by atoms with Gasteiger partial charge in [-0.25, -0.2) is 0 Å². The van der Waals surface area contributed by atoms with Crippen molar-refractivity contribution in [2.75, 3.05) is 0 Å². The van der Waals surface area contributed by atoms with Gasteiger partial charge in [-0.05, 0) is 6.85 Å². The van der Waals surface area contributed by atoms with E-state index in [2.05, 4.69) is 0 Å². The van der Waals surface area contributed by atoms with Gasteiger partial charge in [0.2, 0.25) is 11.8 Å².